The Morgan fingerprint density at radius 3 is 2.82 bits per heavy atom. The smallest absolute Gasteiger partial charge is 0.225 e. The van der Waals surface area contributed by atoms with Gasteiger partial charge in [0.1, 0.15) is 0 Å². The lowest BCUT2D eigenvalue weighted by molar-refractivity contribution is -0.137. The average molecular weight is 381 g/mol. The molecule has 1 N–H and O–H groups in total. The van der Waals surface area contributed by atoms with Crippen molar-refractivity contribution in [1.82, 2.24) is 19.9 Å². The first-order chi connectivity index (χ1) is 13.7. The fourth-order valence-electron chi connectivity index (χ4n) is 4.50. The Balaban J connectivity index is 1.43. The minimum Gasteiger partial charge on any atom is -0.392 e. The number of aryl methyl sites for hydroxylation is 1. The van der Waals surface area contributed by atoms with Gasteiger partial charge in [0.2, 0.25) is 11.9 Å². The fourth-order valence-corrected chi connectivity index (χ4v) is 4.50. The highest BCUT2D eigenvalue weighted by Crippen LogP contribution is 2.39. The van der Waals surface area contributed by atoms with Gasteiger partial charge in [0.05, 0.1) is 6.10 Å². The van der Waals surface area contributed by atoms with Crippen molar-refractivity contribution in [2.24, 2.45) is 5.41 Å². The molecule has 148 valence electrons. The van der Waals surface area contributed by atoms with Crippen LogP contribution in [0.25, 0.3) is 0 Å². The SMILES string of the molecule is O=C(CCc1cccnc1)N1CCC[C@]2(C1)CN(c1ncccn1)CC[C@H]2O. The fraction of sp³-hybridized carbons (Fsp3) is 0.524. The van der Waals surface area contributed by atoms with Gasteiger partial charge in [-0.3, -0.25) is 9.78 Å². The molecular weight excluding hydrogens is 354 g/mol. The number of anilines is 1. The second-order valence-electron chi connectivity index (χ2n) is 7.92. The minimum atomic E-state index is -0.401. The number of hydrogen-bond donors (Lipinski definition) is 1. The van der Waals surface area contributed by atoms with Crippen molar-refractivity contribution >= 4 is 11.9 Å². The van der Waals surface area contributed by atoms with Gasteiger partial charge in [0, 0.05) is 62.8 Å². The molecule has 0 unspecified atom stereocenters. The topological polar surface area (TPSA) is 82.5 Å². The monoisotopic (exact) mass is 381 g/mol. The van der Waals surface area contributed by atoms with Crippen LogP contribution >= 0.6 is 0 Å². The number of likely N-dealkylation sites (tertiary alicyclic amines) is 1. The van der Waals surface area contributed by atoms with Gasteiger partial charge in [0.25, 0.3) is 0 Å². The van der Waals surface area contributed by atoms with E-state index < -0.39 is 6.10 Å². The number of carbonyl (C=O) groups excluding carboxylic acids is 1. The van der Waals surface area contributed by atoms with Crippen LogP contribution in [0.2, 0.25) is 0 Å². The first kappa shape index (κ1) is 18.8. The van der Waals surface area contributed by atoms with Gasteiger partial charge in [-0.15, -0.1) is 0 Å². The molecule has 2 aliphatic heterocycles. The van der Waals surface area contributed by atoms with Gasteiger partial charge < -0.3 is 14.9 Å². The summed E-state index contributed by atoms with van der Waals surface area (Å²) in [6.07, 6.45) is 10.3. The summed E-state index contributed by atoms with van der Waals surface area (Å²) < 4.78 is 0. The maximum absolute atomic E-state index is 12.8. The zero-order chi connectivity index (χ0) is 19.4. The van der Waals surface area contributed by atoms with Crippen LogP contribution < -0.4 is 4.90 Å². The number of aliphatic hydroxyl groups is 1. The number of hydrogen-bond acceptors (Lipinski definition) is 6. The van der Waals surface area contributed by atoms with E-state index in [0.29, 0.717) is 38.3 Å². The molecule has 2 saturated heterocycles. The lowest BCUT2D eigenvalue weighted by atomic mass is 9.71. The van der Waals surface area contributed by atoms with Crippen LogP contribution in [-0.4, -0.2) is 63.1 Å². The molecule has 0 radical (unpaired) electrons. The molecule has 0 aliphatic carbocycles. The molecule has 1 amide bonds. The van der Waals surface area contributed by atoms with Gasteiger partial charge in [-0.2, -0.15) is 0 Å². The van der Waals surface area contributed by atoms with Crippen molar-refractivity contribution in [2.75, 3.05) is 31.1 Å². The quantitative estimate of drug-likeness (QED) is 0.868. The lowest BCUT2D eigenvalue weighted by Gasteiger charge is -2.51. The lowest BCUT2D eigenvalue weighted by Crippen LogP contribution is -2.60. The predicted molar refractivity (Wildman–Crippen MR) is 106 cm³/mol. The first-order valence-electron chi connectivity index (χ1n) is 10.0. The molecule has 2 fully saturated rings. The van der Waals surface area contributed by atoms with Gasteiger partial charge >= 0.3 is 0 Å². The van der Waals surface area contributed by atoms with Gasteiger partial charge in [-0.05, 0) is 43.4 Å². The van der Waals surface area contributed by atoms with E-state index in [9.17, 15) is 9.90 Å². The summed E-state index contributed by atoms with van der Waals surface area (Å²) in [7, 11) is 0. The summed E-state index contributed by atoms with van der Waals surface area (Å²) in [5, 5.41) is 10.8. The highest BCUT2D eigenvalue weighted by Gasteiger charge is 2.46. The van der Waals surface area contributed by atoms with E-state index >= 15 is 0 Å². The van der Waals surface area contributed by atoms with Crippen LogP contribution in [0.1, 0.15) is 31.2 Å². The van der Waals surface area contributed by atoms with Crippen molar-refractivity contribution in [2.45, 2.75) is 38.2 Å². The van der Waals surface area contributed by atoms with Crippen LogP contribution in [0.3, 0.4) is 0 Å². The number of rotatable bonds is 4. The third-order valence-electron chi connectivity index (χ3n) is 6.03. The van der Waals surface area contributed by atoms with Crippen molar-refractivity contribution in [3.05, 3.63) is 48.5 Å². The van der Waals surface area contributed by atoms with Crippen LogP contribution in [0.4, 0.5) is 5.95 Å². The van der Waals surface area contributed by atoms with E-state index in [2.05, 4.69) is 19.9 Å². The van der Waals surface area contributed by atoms with Crippen molar-refractivity contribution in [3.63, 3.8) is 0 Å². The predicted octanol–water partition coefficient (Wildman–Crippen LogP) is 1.68. The molecule has 0 aromatic carbocycles. The molecule has 28 heavy (non-hydrogen) atoms. The molecule has 4 heterocycles. The van der Waals surface area contributed by atoms with Crippen LogP contribution in [0, 0.1) is 5.41 Å². The summed E-state index contributed by atoms with van der Waals surface area (Å²) in [4.78, 5) is 29.8. The van der Waals surface area contributed by atoms with Crippen LogP contribution in [0.15, 0.2) is 43.0 Å². The van der Waals surface area contributed by atoms with Crippen molar-refractivity contribution in [3.8, 4) is 0 Å². The second-order valence-corrected chi connectivity index (χ2v) is 7.92. The number of pyridine rings is 1. The Hall–Kier alpha value is -2.54. The summed E-state index contributed by atoms with van der Waals surface area (Å²) in [6, 6.07) is 5.70. The number of carbonyl (C=O) groups is 1. The Bertz CT molecular complexity index is 788. The normalized spacial score (nSPS) is 25.1. The summed E-state index contributed by atoms with van der Waals surface area (Å²) in [5.41, 5.74) is 0.771. The summed E-state index contributed by atoms with van der Waals surface area (Å²) >= 11 is 0. The molecule has 7 heteroatoms. The Morgan fingerprint density at radius 2 is 2.04 bits per heavy atom. The molecule has 4 rings (SSSR count). The summed E-state index contributed by atoms with van der Waals surface area (Å²) in [6.45, 7) is 2.79. The molecule has 2 aromatic heterocycles. The average Bonchev–Trinajstić information content (AvgIpc) is 2.75. The van der Waals surface area contributed by atoms with E-state index in [4.69, 9.17) is 0 Å². The van der Waals surface area contributed by atoms with E-state index in [1.807, 2.05) is 23.2 Å². The second kappa shape index (κ2) is 8.22. The van der Waals surface area contributed by atoms with Crippen LogP contribution in [0.5, 0.6) is 0 Å². The minimum absolute atomic E-state index is 0.156. The zero-order valence-electron chi connectivity index (χ0n) is 16.1. The maximum Gasteiger partial charge on any atom is 0.225 e. The molecular formula is C21H27N5O2. The number of aromatic nitrogens is 3. The highest BCUT2D eigenvalue weighted by molar-refractivity contribution is 5.76. The number of aliphatic hydroxyl groups excluding tert-OH is 1. The molecule has 1 spiro atoms. The molecule has 0 bridgehead atoms. The number of nitrogens with zero attached hydrogens (tertiary/aromatic N) is 5. The molecule has 2 atom stereocenters. The largest absolute Gasteiger partial charge is 0.392 e. The first-order valence-corrected chi connectivity index (χ1v) is 10.0. The van der Waals surface area contributed by atoms with E-state index in [0.717, 1.165) is 31.5 Å². The van der Waals surface area contributed by atoms with Crippen molar-refractivity contribution in [1.29, 1.82) is 0 Å². The van der Waals surface area contributed by atoms with E-state index in [1.165, 1.54) is 0 Å². The number of amides is 1. The third kappa shape index (κ3) is 3.99. The zero-order valence-corrected chi connectivity index (χ0v) is 16.1. The Kier molecular flexibility index (Phi) is 5.52. The van der Waals surface area contributed by atoms with Crippen LogP contribution in [-0.2, 0) is 11.2 Å². The van der Waals surface area contributed by atoms with E-state index in [-0.39, 0.29) is 11.3 Å². The third-order valence-corrected chi connectivity index (χ3v) is 6.03. The van der Waals surface area contributed by atoms with E-state index in [1.54, 1.807) is 24.7 Å². The van der Waals surface area contributed by atoms with Gasteiger partial charge in [-0.25, -0.2) is 9.97 Å². The molecule has 7 nitrogen and oxygen atoms in total. The Labute approximate surface area is 165 Å². The highest BCUT2D eigenvalue weighted by atomic mass is 16.3. The standard InChI is InChI=1S/C21H27N5O2/c27-18-7-13-26(20-23-10-3-11-24-20)16-21(18)8-2-12-25(15-21)19(28)6-5-17-4-1-9-22-14-17/h1,3-4,9-11,14,18,27H,2,5-8,12-13,15-16H2/t18-,21+/m1/s1. The van der Waals surface area contributed by atoms with Crippen molar-refractivity contribution < 1.29 is 9.90 Å². The Morgan fingerprint density at radius 1 is 1.18 bits per heavy atom. The van der Waals surface area contributed by atoms with Gasteiger partial charge in [0.15, 0.2) is 0 Å². The molecule has 2 aliphatic rings. The molecule has 2 aromatic rings. The van der Waals surface area contributed by atoms with Gasteiger partial charge in [-0.1, -0.05) is 6.07 Å². The molecule has 0 saturated carbocycles. The maximum atomic E-state index is 12.8. The summed E-state index contributed by atoms with van der Waals surface area (Å²) in [5.74, 6) is 0.858. The number of piperidine rings is 2.